The van der Waals surface area contributed by atoms with Crippen LogP contribution in [0.15, 0.2) is 24.3 Å². The second kappa shape index (κ2) is 5.95. The van der Waals surface area contributed by atoms with Crippen molar-refractivity contribution in [3.8, 4) is 0 Å². The summed E-state index contributed by atoms with van der Waals surface area (Å²) in [6, 6.07) is 6.10. The van der Waals surface area contributed by atoms with Gasteiger partial charge in [0.2, 0.25) is 11.7 Å². The first-order chi connectivity index (χ1) is 8.02. The lowest BCUT2D eigenvalue weighted by Crippen LogP contribution is -2.16. The van der Waals surface area contributed by atoms with Crippen molar-refractivity contribution in [2.45, 2.75) is 6.42 Å². The maximum atomic E-state index is 11.4. The normalized spacial score (nSPS) is 9.71. The number of nitro groups is 1. The summed E-state index contributed by atoms with van der Waals surface area (Å²) in [5.74, 6) is -1.01. The van der Waals surface area contributed by atoms with E-state index in [-0.39, 0.29) is 12.0 Å². The number of carbonyl (C=O) groups excluding carboxylic acids is 2. The van der Waals surface area contributed by atoms with Gasteiger partial charge in [-0.2, -0.15) is 0 Å². The Labute approximate surface area is 102 Å². The van der Waals surface area contributed by atoms with E-state index in [1.54, 1.807) is 12.1 Å². The molecule has 1 aromatic rings. The molecule has 0 aromatic heterocycles. The molecular weight excluding hydrogens is 248 g/mol. The van der Waals surface area contributed by atoms with Gasteiger partial charge in [0.15, 0.2) is 0 Å². The van der Waals surface area contributed by atoms with Gasteiger partial charge in [0.1, 0.15) is 0 Å². The summed E-state index contributed by atoms with van der Waals surface area (Å²) in [6.07, 6.45) is 0.0169. The van der Waals surface area contributed by atoms with Gasteiger partial charge in [-0.05, 0) is 11.6 Å². The molecule has 0 heterocycles. The molecule has 0 saturated heterocycles. The topological polar surface area (TPSA) is 89.3 Å². The molecule has 0 aliphatic rings. The minimum atomic E-state index is -0.759. The second-order valence-corrected chi connectivity index (χ2v) is 3.50. The third kappa shape index (κ3) is 4.20. The van der Waals surface area contributed by atoms with E-state index < -0.39 is 23.2 Å². The van der Waals surface area contributed by atoms with Crippen LogP contribution < -0.4 is 4.84 Å². The number of carbonyl (C=O) groups is 2. The molecule has 90 valence electrons. The van der Waals surface area contributed by atoms with Crippen LogP contribution in [-0.2, 0) is 11.2 Å². The number of benzene rings is 1. The van der Waals surface area contributed by atoms with Gasteiger partial charge in [-0.3, -0.25) is 24.5 Å². The Morgan fingerprint density at radius 2 is 2.12 bits per heavy atom. The fourth-order valence-electron chi connectivity index (χ4n) is 1.28. The molecule has 0 unspecified atom stereocenters. The van der Waals surface area contributed by atoms with E-state index in [4.69, 9.17) is 11.8 Å². The number of ketones is 1. The molecular formula is C10H9ClN2O4. The number of halogens is 1. The number of hydrogen-bond donors (Lipinski definition) is 1. The number of rotatable bonds is 5. The van der Waals surface area contributed by atoms with Gasteiger partial charge in [-0.1, -0.05) is 18.2 Å². The predicted octanol–water partition coefficient (Wildman–Crippen LogP) is 0.958. The lowest BCUT2D eigenvalue weighted by Gasteiger charge is -2.01. The van der Waals surface area contributed by atoms with E-state index in [2.05, 4.69) is 0 Å². The number of nitrogens with zero attached hydrogens (tertiary/aromatic N) is 1. The van der Waals surface area contributed by atoms with Crippen LogP contribution in [-0.4, -0.2) is 23.2 Å². The Hall–Kier alpha value is -1.95. The summed E-state index contributed by atoms with van der Waals surface area (Å²) < 4.78 is 0. The van der Waals surface area contributed by atoms with Gasteiger partial charge in [0, 0.05) is 22.3 Å². The van der Waals surface area contributed by atoms with Crippen molar-refractivity contribution in [3.63, 3.8) is 0 Å². The quantitative estimate of drug-likeness (QED) is 0.368. The molecule has 6 nitrogen and oxygen atoms in total. The van der Waals surface area contributed by atoms with Gasteiger partial charge in [0.25, 0.3) is 6.54 Å². The number of Topliss-reactive ketones (excluding diaryl/α,β-unsaturated/α-hetero) is 1. The highest BCUT2D eigenvalue weighted by atomic mass is 35.5. The summed E-state index contributed by atoms with van der Waals surface area (Å²) in [4.78, 5) is 33.8. The van der Waals surface area contributed by atoms with E-state index in [9.17, 15) is 19.7 Å². The zero-order valence-electron chi connectivity index (χ0n) is 8.68. The lowest BCUT2D eigenvalue weighted by atomic mass is 10.1. The highest BCUT2D eigenvalue weighted by Gasteiger charge is 2.13. The van der Waals surface area contributed by atoms with Crippen molar-refractivity contribution in [1.82, 2.24) is 4.84 Å². The van der Waals surface area contributed by atoms with Crippen LogP contribution in [0.2, 0.25) is 0 Å². The minimum Gasteiger partial charge on any atom is -0.287 e. The Morgan fingerprint density at radius 3 is 2.71 bits per heavy atom. The number of hydrogen-bond acceptors (Lipinski definition) is 4. The Bertz CT molecular complexity index is 461. The minimum absolute atomic E-state index is 0.0169. The van der Waals surface area contributed by atoms with Crippen molar-refractivity contribution < 1.29 is 14.5 Å². The van der Waals surface area contributed by atoms with Crippen molar-refractivity contribution in [2.24, 2.45) is 0 Å². The van der Waals surface area contributed by atoms with Crippen LogP contribution in [0.25, 0.3) is 0 Å². The molecule has 1 aromatic carbocycles. The summed E-state index contributed by atoms with van der Waals surface area (Å²) in [5, 5.41) is 10.2. The highest BCUT2D eigenvalue weighted by Crippen LogP contribution is 2.07. The third-order valence-corrected chi connectivity index (χ3v) is 2.20. The van der Waals surface area contributed by atoms with E-state index in [0.29, 0.717) is 5.56 Å². The molecule has 0 fully saturated rings. The van der Waals surface area contributed by atoms with E-state index >= 15 is 0 Å². The summed E-state index contributed by atoms with van der Waals surface area (Å²) >= 11 is 5.12. The molecule has 17 heavy (non-hydrogen) atoms. The molecule has 0 aliphatic heterocycles. The maximum Gasteiger partial charge on any atom is 0.265 e. The molecule has 0 aliphatic carbocycles. The molecule has 0 saturated carbocycles. The Morgan fingerprint density at radius 1 is 1.41 bits per heavy atom. The molecule has 0 atom stereocenters. The maximum absolute atomic E-state index is 11.4. The summed E-state index contributed by atoms with van der Waals surface area (Å²) in [7, 11) is 0. The fraction of sp³-hybridized carbons (Fsp3) is 0.200. The van der Waals surface area contributed by atoms with E-state index in [0.717, 1.165) is 0 Å². The van der Waals surface area contributed by atoms with Crippen LogP contribution in [0.5, 0.6) is 0 Å². The standard InChI is InChI=1S/C10H9ClN2O4/c11-12-10(15)5-7-2-1-3-8(4-7)9(14)6-13(16)17/h1-4H,5-6H2,(H,12,15). The Balaban J connectivity index is 2.82. The monoisotopic (exact) mass is 256 g/mol. The van der Waals surface area contributed by atoms with Crippen molar-refractivity contribution in [1.29, 1.82) is 0 Å². The average molecular weight is 257 g/mol. The van der Waals surface area contributed by atoms with E-state index in [1.165, 1.54) is 12.1 Å². The van der Waals surface area contributed by atoms with Crippen LogP contribution in [0.1, 0.15) is 15.9 Å². The number of nitrogens with one attached hydrogen (secondary N) is 1. The summed E-state index contributed by atoms with van der Waals surface area (Å²) in [6.45, 7) is -0.759. The first kappa shape index (κ1) is 13.1. The average Bonchev–Trinajstić information content (AvgIpc) is 2.28. The highest BCUT2D eigenvalue weighted by molar-refractivity contribution is 6.21. The SMILES string of the molecule is O=C(Cc1cccc(C(=O)C[N+](=O)[O-])c1)NCl. The zero-order chi connectivity index (χ0) is 12.8. The molecule has 0 bridgehead atoms. The van der Waals surface area contributed by atoms with Crippen molar-refractivity contribution in [3.05, 3.63) is 45.5 Å². The van der Waals surface area contributed by atoms with Gasteiger partial charge < -0.3 is 0 Å². The largest absolute Gasteiger partial charge is 0.287 e. The zero-order valence-corrected chi connectivity index (χ0v) is 9.44. The van der Waals surface area contributed by atoms with E-state index in [1.807, 2.05) is 4.84 Å². The smallest absolute Gasteiger partial charge is 0.265 e. The van der Waals surface area contributed by atoms with Crippen LogP contribution in [0.3, 0.4) is 0 Å². The molecule has 7 heteroatoms. The summed E-state index contributed by atoms with van der Waals surface area (Å²) in [5.41, 5.74) is 0.777. The van der Waals surface area contributed by atoms with Crippen molar-refractivity contribution in [2.75, 3.05) is 6.54 Å². The molecule has 0 radical (unpaired) electrons. The third-order valence-electron chi connectivity index (χ3n) is 1.99. The Kier molecular flexibility index (Phi) is 4.59. The lowest BCUT2D eigenvalue weighted by molar-refractivity contribution is -0.465. The fourth-order valence-corrected chi connectivity index (χ4v) is 1.35. The van der Waals surface area contributed by atoms with Crippen LogP contribution in [0.4, 0.5) is 0 Å². The van der Waals surface area contributed by atoms with Gasteiger partial charge in [-0.15, -0.1) is 0 Å². The van der Waals surface area contributed by atoms with Crippen LogP contribution in [0, 0.1) is 10.1 Å². The molecule has 0 spiro atoms. The molecule has 1 N–H and O–H groups in total. The second-order valence-electron chi connectivity index (χ2n) is 3.31. The first-order valence-corrected chi connectivity index (χ1v) is 5.04. The van der Waals surface area contributed by atoms with Gasteiger partial charge in [-0.25, -0.2) is 0 Å². The first-order valence-electron chi connectivity index (χ1n) is 4.66. The number of amides is 1. The van der Waals surface area contributed by atoms with Crippen LogP contribution >= 0.6 is 11.8 Å². The van der Waals surface area contributed by atoms with Gasteiger partial charge in [0.05, 0.1) is 6.42 Å². The van der Waals surface area contributed by atoms with Crippen molar-refractivity contribution >= 4 is 23.5 Å². The molecule has 1 amide bonds. The van der Waals surface area contributed by atoms with Gasteiger partial charge >= 0.3 is 0 Å². The predicted molar refractivity (Wildman–Crippen MR) is 60.3 cm³/mol. The molecule has 1 rings (SSSR count).